The summed E-state index contributed by atoms with van der Waals surface area (Å²) in [5.74, 6) is -0.211. The van der Waals surface area contributed by atoms with Gasteiger partial charge in [-0.05, 0) is 99.2 Å². The zero-order valence-electron chi connectivity index (χ0n) is 20.8. The Morgan fingerprint density at radius 1 is 1.26 bits per heavy atom. The Bertz CT molecular complexity index is 1010. The van der Waals surface area contributed by atoms with Gasteiger partial charge in [0.05, 0.1) is 17.7 Å². The van der Waals surface area contributed by atoms with Gasteiger partial charge in [-0.3, -0.25) is 4.79 Å². The fourth-order valence-electron chi connectivity index (χ4n) is 8.01. The van der Waals surface area contributed by atoms with Crippen molar-refractivity contribution in [2.24, 2.45) is 33.7 Å². The van der Waals surface area contributed by atoms with Crippen LogP contribution in [0.5, 0.6) is 0 Å². The van der Waals surface area contributed by atoms with E-state index in [0.29, 0.717) is 24.7 Å². The van der Waals surface area contributed by atoms with Crippen molar-refractivity contribution in [1.82, 2.24) is 0 Å². The van der Waals surface area contributed by atoms with E-state index in [1.807, 2.05) is 6.07 Å². The van der Waals surface area contributed by atoms with Gasteiger partial charge in [-0.2, -0.15) is 10.5 Å². The van der Waals surface area contributed by atoms with Gasteiger partial charge in [0.25, 0.3) is 0 Å². The molecule has 0 aromatic heterocycles. The van der Waals surface area contributed by atoms with Crippen LogP contribution >= 0.6 is 0 Å². The van der Waals surface area contributed by atoms with E-state index in [4.69, 9.17) is 10.1 Å². The largest absolute Gasteiger partial charge is 0.481 e. The molecule has 0 amide bonds. The minimum absolute atomic E-state index is 0.112. The first kappa shape index (κ1) is 24.5. The van der Waals surface area contributed by atoms with Crippen LogP contribution in [-0.2, 0) is 9.63 Å². The van der Waals surface area contributed by atoms with Crippen LogP contribution in [0, 0.1) is 51.2 Å². The van der Waals surface area contributed by atoms with E-state index in [2.05, 4.69) is 31.1 Å². The van der Waals surface area contributed by atoms with E-state index in [1.54, 1.807) is 12.5 Å². The van der Waals surface area contributed by atoms with Crippen LogP contribution in [-0.4, -0.2) is 22.9 Å². The minimum Gasteiger partial charge on any atom is -0.481 e. The third-order valence-corrected chi connectivity index (χ3v) is 9.62. The summed E-state index contributed by atoms with van der Waals surface area (Å²) in [6.07, 6.45) is 11.2. The van der Waals surface area contributed by atoms with Crippen molar-refractivity contribution in [3.63, 3.8) is 0 Å². The lowest BCUT2D eigenvalue weighted by molar-refractivity contribution is -0.153. The van der Waals surface area contributed by atoms with Crippen molar-refractivity contribution in [2.45, 2.75) is 97.5 Å². The van der Waals surface area contributed by atoms with Crippen LogP contribution in [0.25, 0.3) is 0 Å². The number of carbonyl (C=O) groups is 1. The molecule has 6 atom stereocenters. The summed E-state index contributed by atoms with van der Waals surface area (Å²) in [6, 6.07) is 4.46. The van der Waals surface area contributed by atoms with Crippen molar-refractivity contribution in [3.05, 3.63) is 22.8 Å². The monoisotopic (exact) mass is 463 g/mol. The van der Waals surface area contributed by atoms with Gasteiger partial charge < -0.3 is 9.94 Å². The molecule has 0 heterocycles. The molecule has 1 N–H and O–H groups in total. The first-order valence-electron chi connectivity index (χ1n) is 13.0. The van der Waals surface area contributed by atoms with Crippen molar-refractivity contribution in [3.8, 4) is 12.1 Å². The second-order valence-electron chi connectivity index (χ2n) is 11.0. The van der Waals surface area contributed by atoms with E-state index < -0.39 is 23.4 Å². The molecular formula is C28H37N3O3. The molecule has 0 saturated heterocycles. The van der Waals surface area contributed by atoms with Gasteiger partial charge in [0, 0.05) is 11.8 Å². The van der Waals surface area contributed by atoms with Crippen molar-refractivity contribution < 1.29 is 14.7 Å². The Balaban J connectivity index is 1.65. The van der Waals surface area contributed by atoms with E-state index in [-0.39, 0.29) is 5.41 Å². The quantitative estimate of drug-likeness (QED) is 0.445. The summed E-state index contributed by atoms with van der Waals surface area (Å²) in [7, 11) is 0. The number of allylic oxidation sites excluding steroid dienone is 4. The molecular weight excluding hydrogens is 426 g/mol. The fraction of sp³-hybridized carbons (Fsp3) is 0.714. The maximum Gasteiger partial charge on any atom is 0.307 e. The lowest BCUT2D eigenvalue weighted by Gasteiger charge is -2.55. The fourth-order valence-corrected chi connectivity index (χ4v) is 8.01. The summed E-state index contributed by atoms with van der Waals surface area (Å²) < 4.78 is 0. The summed E-state index contributed by atoms with van der Waals surface area (Å²) >= 11 is 0. The molecule has 6 nitrogen and oxygen atoms in total. The van der Waals surface area contributed by atoms with Crippen molar-refractivity contribution in [2.75, 3.05) is 0 Å². The molecule has 182 valence electrons. The van der Waals surface area contributed by atoms with E-state index in [0.717, 1.165) is 63.5 Å². The topological polar surface area (TPSA) is 106 Å². The Morgan fingerprint density at radius 3 is 2.74 bits per heavy atom. The Kier molecular flexibility index (Phi) is 6.90. The number of rotatable bonds is 7. The van der Waals surface area contributed by atoms with Gasteiger partial charge in [0.1, 0.15) is 6.07 Å². The average Bonchev–Trinajstić information content (AvgIpc) is 3.13. The number of carboxylic acid groups (broad SMARTS) is 1. The normalized spacial score (nSPS) is 35.2. The molecule has 2 fully saturated rings. The number of hydrogen-bond acceptors (Lipinski definition) is 5. The molecule has 0 bridgehead atoms. The van der Waals surface area contributed by atoms with E-state index >= 15 is 0 Å². The maximum atomic E-state index is 12.4. The molecule has 4 rings (SSSR count). The number of hydrogen-bond donors (Lipinski definition) is 1. The summed E-state index contributed by atoms with van der Waals surface area (Å²) in [5.41, 5.74) is 4.82. The third-order valence-electron chi connectivity index (χ3n) is 9.62. The first-order chi connectivity index (χ1) is 16.3. The molecule has 6 heteroatoms. The smallest absolute Gasteiger partial charge is 0.307 e. The average molecular weight is 464 g/mol. The lowest BCUT2D eigenvalue weighted by Crippen LogP contribution is -2.50. The minimum atomic E-state index is -0.718. The Hall–Kier alpha value is -2.60. The summed E-state index contributed by atoms with van der Waals surface area (Å²) in [4.78, 5) is 17.7. The zero-order valence-corrected chi connectivity index (χ0v) is 20.8. The molecule has 0 radical (unpaired) electrons. The molecule has 2 unspecified atom stereocenters. The predicted octanol–water partition coefficient (Wildman–Crippen LogP) is 6.31. The number of aliphatic carboxylic acids is 1. The number of nitriles is 2. The van der Waals surface area contributed by atoms with Gasteiger partial charge >= 0.3 is 5.97 Å². The summed E-state index contributed by atoms with van der Waals surface area (Å²) in [5, 5.41) is 33.1. The Morgan fingerprint density at radius 2 is 2.06 bits per heavy atom. The van der Waals surface area contributed by atoms with Gasteiger partial charge in [0.2, 0.25) is 6.10 Å². The molecule has 0 spiro atoms. The molecule has 34 heavy (non-hydrogen) atoms. The number of carboxylic acids is 1. The van der Waals surface area contributed by atoms with E-state index in [9.17, 15) is 15.2 Å². The van der Waals surface area contributed by atoms with Crippen molar-refractivity contribution >= 4 is 11.7 Å². The highest BCUT2D eigenvalue weighted by molar-refractivity contribution is 5.97. The number of fused-ring (bicyclic) bond motifs is 4. The van der Waals surface area contributed by atoms with Gasteiger partial charge in [-0.1, -0.05) is 31.0 Å². The predicted molar refractivity (Wildman–Crippen MR) is 129 cm³/mol. The lowest BCUT2D eigenvalue weighted by atomic mass is 9.48. The highest BCUT2D eigenvalue weighted by atomic mass is 16.6. The maximum absolute atomic E-state index is 12.4. The Labute approximate surface area is 203 Å². The van der Waals surface area contributed by atoms with Crippen LogP contribution in [0.4, 0.5) is 0 Å². The molecule has 4 aliphatic carbocycles. The third kappa shape index (κ3) is 3.86. The zero-order chi connectivity index (χ0) is 24.5. The van der Waals surface area contributed by atoms with Gasteiger partial charge in [0.15, 0.2) is 0 Å². The second kappa shape index (κ2) is 9.57. The molecule has 4 aliphatic rings. The van der Waals surface area contributed by atoms with Crippen molar-refractivity contribution in [1.29, 1.82) is 10.5 Å². The van der Waals surface area contributed by atoms with Crippen LogP contribution in [0.2, 0.25) is 0 Å². The van der Waals surface area contributed by atoms with Crippen LogP contribution in [0.15, 0.2) is 28.0 Å². The summed E-state index contributed by atoms with van der Waals surface area (Å²) in [6.45, 7) is 6.07. The molecule has 0 aromatic carbocycles. The molecule has 0 aliphatic heterocycles. The highest BCUT2D eigenvalue weighted by Crippen LogP contribution is 2.70. The van der Waals surface area contributed by atoms with Crippen LogP contribution in [0.3, 0.4) is 0 Å². The second-order valence-corrected chi connectivity index (χ2v) is 11.0. The van der Waals surface area contributed by atoms with Crippen LogP contribution in [0.1, 0.15) is 91.4 Å². The SMILES string of the molecule is CCCC(C(=O)O)[C@@]1(CC#N)CC[C@H]2[C@@H]3CCC4=C/C(=N/OC(C)C#N)CCC4=C3CC[C@@]21C. The van der Waals surface area contributed by atoms with Gasteiger partial charge in [-0.15, -0.1) is 0 Å². The highest BCUT2D eigenvalue weighted by Gasteiger charge is 2.64. The van der Waals surface area contributed by atoms with E-state index in [1.165, 1.54) is 11.1 Å². The number of nitrogens with zero attached hydrogens (tertiary/aromatic N) is 3. The number of oxime groups is 1. The first-order valence-corrected chi connectivity index (χ1v) is 13.0. The van der Waals surface area contributed by atoms with Crippen LogP contribution < -0.4 is 0 Å². The molecule has 2 saturated carbocycles. The van der Waals surface area contributed by atoms with Gasteiger partial charge in [-0.25, -0.2) is 0 Å². The molecule has 0 aromatic rings. The standard InChI is InChI=1S/C28H37N3O3/c1-4-5-25(26(32)33)28(14-15-29)13-11-24-23-8-6-19-16-20(31-34-18(2)17-30)7-9-21(19)22(23)10-12-27(24,28)3/h16,18,23-25H,4-14H2,1-3H3,(H,32,33)/b31-20+/t18?,23-,24+,25?,27+,28+/m1/s1.